The molecule has 4 rings (SSSR count). The van der Waals surface area contributed by atoms with Crippen LogP contribution in [0, 0.1) is 13.8 Å². The first kappa shape index (κ1) is 21.0. The zero-order chi connectivity index (χ0) is 22.2. The summed E-state index contributed by atoms with van der Waals surface area (Å²) < 4.78 is 43.9. The number of alkyl halides is 3. The number of nitrogens with one attached hydrogen (secondary N) is 1. The summed E-state index contributed by atoms with van der Waals surface area (Å²) in [6.45, 7) is 5.07. The van der Waals surface area contributed by atoms with Crippen LogP contribution in [0.15, 0.2) is 40.9 Å². The standard InChI is InChI=1S/C22H22F3N5O/c1-13-7-17-18(8-14(13)2)27-20(26-17)11-30(3)12-21-28-19(29-31-21)10-15-5-4-6-16(9-15)22(23,24)25/h4-9H,10-12H2,1-3H3,(H,26,27). The molecule has 162 valence electrons. The van der Waals surface area contributed by atoms with E-state index >= 15 is 0 Å². The van der Waals surface area contributed by atoms with Gasteiger partial charge in [0.1, 0.15) is 5.82 Å². The quantitative estimate of drug-likeness (QED) is 0.477. The Morgan fingerprint density at radius 1 is 1.03 bits per heavy atom. The summed E-state index contributed by atoms with van der Waals surface area (Å²) in [4.78, 5) is 14.2. The highest BCUT2D eigenvalue weighted by Gasteiger charge is 2.30. The van der Waals surface area contributed by atoms with Crippen molar-refractivity contribution in [3.8, 4) is 0 Å². The van der Waals surface area contributed by atoms with Gasteiger partial charge in [0.2, 0.25) is 5.89 Å². The molecule has 6 nitrogen and oxygen atoms in total. The first-order valence-electron chi connectivity index (χ1n) is 9.79. The Balaban J connectivity index is 1.40. The molecule has 0 saturated heterocycles. The monoisotopic (exact) mass is 429 g/mol. The molecule has 0 spiro atoms. The number of hydrogen-bond donors (Lipinski definition) is 1. The average Bonchev–Trinajstić information content (AvgIpc) is 3.27. The van der Waals surface area contributed by atoms with E-state index in [0.29, 0.717) is 30.4 Å². The van der Waals surface area contributed by atoms with Crippen LogP contribution in [0.1, 0.15) is 39.8 Å². The highest BCUT2D eigenvalue weighted by molar-refractivity contribution is 5.77. The summed E-state index contributed by atoms with van der Waals surface area (Å²) in [6, 6.07) is 9.28. The van der Waals surface area contributed by atoms with Gasteiger partial charge in [-0.05, 0) is 55.8 Å². The van der Waals surface area contributed by atoms with E-state index in [9.17, 15) is 13.2 Å². The van der Waals surface area contributed by atoms with Crippen molar-refractivity contribution < 1.29 is 17.7 Å². The highest BCUT2D eigenvalue weighted by Crippen LogP contribution is 2.29. The van der Waals surface area contributed by atoms with E-state index in [1.54, 1.807) is 6.07 Å². The summed E-state index contributed by atoms with van der Waals surface area (Å²) in [7, 11) is 1.90. The molecule has 2 aromatic carbocycles. The number of rotatable bonds is 6. The van der Waals surface area contributed by atoms with E-state index in [4.69, 9.17) is 4.52 Å². The lowest BCUT2D eigenvalue weighted by Gasteiger charge is -2.11. The Labute approximate surface area is 177 Å². The maximum atomic E-state index is 12.9. The number of halogens is 3. The number of hydrogen-bond acceptors (Lipinski definition) is 5. The van der Waals surface area contributed by atoms with Crippen LogP contribution in [0.2, 0.25) is 0 Å². The molecule has 0 aliphatic heterocycles. The normalized spacial score (nSPS) is 12.2. The van der Waals surface area contributed by atoms with E-state index in [0.717, 1.165) is 29.0 Å². The lowest BCUT2D eigenvalue weighted by atomic mass is 10.1. The number of benzene rings is 2. The van der Waals surface area contributed by atoms with Crippen molar-refractivity contribution in [3.05, 3.63) is 76.2 Å². The van der Waals surface area contributed by atoms with Gasteiger partial charge in [-0.3, -0.25) is 4.90 Å². The number of H-pyrrole nitrogens is 1. The fraction of sp³-hybridized carbons (Fsp3) is 0.318. The Kier molecular flexibility index (Phi) is 5.53. The van der Waals surface area contributed by atoms with Crippen molar-refractivity contribution in [2.45, 2.75) is 39.5 Å². The smallest absolute Gasteiger partial charge is 0.341 e. The summed E-state index contributed by atoms with van der Waals surface area (Å²) in [5.74, 6) is 1.57. The number of fused-ring (bicyclic) bond motifs is 1. The Hall–Kier alpha value is -3.20. The van der Waals surface area contributed by atoms with Crippen molar-refractivity contribution in [1.29, 1.82) is 0 Å². The fourth-order valence-corrected chi connectivity index (χ4v) is 3.41. The van der Waals surface area contributed by atoms with Crippen LogP contribution in [-0.2, 0) is 25.7 Å². The first-order valence-corrected chi connectivity index (χ1v) is 9.79. The molecule has 4 aromatic rings. The van der Waals surface area contributed by atoms with Crippen LogP contribution >= 0.6 is 0 Å². The van der Waals surface area contributed by atoms with Gasteiger partial charge in [-0.2, -0.15) is 18.2 Å². The van der Waals surface area contributed by atoms with Crippen LogP contribution in [0.25, 0.3) is 11.0 Å². The second-order valence-corrected chi connectivity index (χ2v) is 7.79. The van der Waals surface area contributed by atoms with Crippen molar-refractivity contribution >= 4 is 11.0 Å². The van der Waals surface area contributed by atoms with Gasteiger partial charge in [0, 0.05) is 6.42 Å². The molecule has 0 unspecified atom stereocenters. The molecule has 0 fully saturated rings. The van der Waals surface area contributed by atoms with Crippen LogP contribution < -0.4 is 0 Å². The second kappa shape index (κ2) is 8.14. The van der Waals surface area contributed by atoms with E-state index in [1.165, 1.54) is 17.2 Å². The molecule has 2 aromatic heterocycles. The molecular formula is C22H22F3N5O. The molecule has 31 heavy (non-hydrogen) atoms. The van der Waals surface area contributed by atoms with Crippen LogP contribution in [-0.4, -0.2) is 32.1 Å². The second-order valence-electron chi connectivity index (χ2n) is 7.79. The van der Waals surface area contributed by atoms with Crippen LogP contribution in [0.4, 0.5) is 13.2 Å². The fourth-order valence-electron chi connectivity index (χ4n) is 3.41. The van der Waals surface area contributed by atoms with Gasteiger partial charge < -0.3 is 9.51 Å². The van der Waals surface area contributed by atoms with Crippen LogP contribution in [0.5, 0.6) is 0 Å². The van der Waals surface area contributed by atoms with Crippen molar-refractivity contribution in [2.75, 3.05) is 7.05 Å². The summed E-state index contributed by atoms with van der Waals surface area (Å²) >= 11 is 0. The number of aromatic amines is 1. The Morgan fingerprint density at radius 2 is 1.81 bits per heavy atom. The van der Waals surface area contributed by atoms with Gasteiger partial charge in [0.25, 0.3) is 0 Å². The molecule has 2 heterocycles. The molecule has 0 radical (unpaired) electrons. The molecule has 0 saturated carbocycles. The predicted molar refractivity (Wildman–Crippen MR) is 109 cm³/mol. The predicted octanol–water partition coefficient (Wildman–Crippen LogP) is 4.80. The highest BCUT2D eigenvalue weighted by atomic mass is 19.4. The summed E-state index contributed by atoms with van der Waals surface area (Å²) in [5, 5.41) is 3.90. The van der Waals surface area contributed by atoms with E-state index < -0.39 is 11.7 Å². The third-order valence-electron chi connectivity index (χ3n) is 5.10. The summed E-state index contributed by atoms with van der Waals surface area (Å²) in [5.41, 5.74) is 4.10. The van der Waals surface area contributed by atoms with Gasteiger partial charge in [-0.1, -0.05) is 23.4 Å². The summed E-state index contributed by atoms with van der Waals surface area (Å²) in [6.07, 6.45) is -4.21. The Morgan fingerprint density at radius 3 is 2.58 bits per heavy atom. The van der Waals surface area contributed by atoms with Gasteiger partial charge in [-0.15, -0.1) is 0 Å². The number of nitrogens with zero attached hydrogens (tertiary/aromatic N) is 4. The maximum Gasteiger partial charge on any atom is 0.416 e. The minimum Gasteiger partial charge on any atom is -0.341 e. The molecule has 0 amide bonds. The van der Waals surface area contributed by atoms with Crippen LogP contribution in [0.3, 0.4) is 0 Å². The minimum absolute atomic E-state index is 0.166. The molecule has 0 aliphatic rings. The zero-order valence-electron chi connectivity index (χ0n) is 17.4. The number of aromatic nitrogens is 4. The number of imidazole rings is 1. The third-order valence-corrected chi connectivity index (χ3v) is 5.10. The molecular weight excluding hydrogens is 407 g/mol. The molecule has 1 N–H and O–H groups in total. The maximum absolute atomic E-state index is 12.9. The van der Waals surface area contributed by atoms with Gasteiger partial charge in [-0.25, -0.2) is 4.98 Å². The third kappa shape index (κ3) is 4.93. The molecule has 0 bridgehead atoms. The SMILES string of the molecule is Cc1cc2nc(CN(C)Cc3nc(Cc4cccc(C(F)(F)F)c4)no3)[nH]c2cc1C. The van der Waals surface area contributed by atoms with Gasteiger partial charge >= 0.3 is 6.18 Å². The Bertz CT molecular complexity index is 1170. The van der Waals surface area contributed by atoms with E-state index in [1.807, 2.05) is 11.9 Å². The van der Waals surface area contributed by atoms with Gasteiger partial charge in [0.05, 0.1) is 29.7 Å². The largest absolute Gasteiger partial charge is 0.416 e. The number of aryl methyl sites for hydroxylation is 2. The van der Waals surface area contributed by atoms with Crippen molar-refractivity contribution in [1.82, 2.24) is 25.0 Å². The minimum atomic E-state index is -4.38. The van der Waals surface area contributed by atoms with E-state index in [-0.39, 0.29) is 6.42 Å². The topological polar surface area (TPSA) is 70.8 Å². The van der Waals surface area contributed by atoms with Crippen molar-refractivity contribution in [2.24, 2.45) is 0 Å². The average molecular weight is 429 g/mol. The zero-order valence-corrected chi connectivity index (χ0v) is 17.4. The van der Waals surface area contributed by atoms with Crippen molar-refractivity contribution in [3.63, 3.8) is 0 Å². The molecule has 0 aliphatic carbocycles. The molecule has 0 atom stereocenters. The lowest BCUT2D eigenvalue weighted by molar-refractivity contribution is -0.137. The lowest BCUT2D eigenvalue weighted by Crippen LogP contribution is -2.18. The molecule has 9 heteroatoms. The van der Waals surface area contributed by atoms with Gasteiger partial charge in [0.15, 0.2) is 5.82 Å². The first-order chi connectivity index (χ1) is 14.7. The van der Waals surface area contributed by atoms with E-state index in [2.05, 4.69) is 46.1 Å².